The highest BCUT2D eigenvalue weighted by molar-refractivity contribution is 5.76. The number of nitrogen functional groups attached to an aromatic ring is 1. The van der Waals surface area contributed by atoms with Crippen LogP contribution in [0.4, 0.5) is 5.69 Å². The first-order valence-corrected chi connectivity index (χ1v) is 6.69. The number of anilines is 1. The Labute approximate surface area is 109 Å². The van der Waals surface area contributed by atoms with Crippen LogP contribution in [-0.4, -0.2) is 12.5 Å². The Bertz CT molecular complexity index is 424. The van der Waals surface area contributed by atoms with Crippen molar-refractivity contribution in [1.82, 2.24) is 5.32 Å². The topological polar surface area (TPSA) is 55.1 Å². The maximum Gasteiger partial charge on any atom is 0.220 e. The summed E-state index contributed by atoms with van der Waals surface area (Å²) in [4.78, 5) is 11.7. The lowest BCUT2D eigenvalue weighted by atomic mass is 9.70. The van der Waals surface area contributed by atoms with Gasteiger partial charge in [-0.15, -0.1) is 0 Å². The summed E-state index contributed by atoms with van der Waals surface area (Å²) in [6.45, 7) is 3.07. The van der Waals surface area contributed by atoms with Crippen molar-refractivity contribution in [2.75, 3.05) is 12.3 Å². The molecule has 0 aromatic heterocycles. The van der Waals surface area contributed by atoms with Crippen LogP contribution >= 0.6 is 0 Å². The molecule has 3 N–H and O–H groups in total. The van der Waals surface area contributed by atoms with E-state index in [1.54, 1.807) is 0 Å². The molecule has 3 nitrogen and oxygen atoms in total. The second-order valence-corrected chi connectivity index (χ2v) is 5.69. The van der Waals surface area contributed by atoms with Crippen LogP contribution in [0.25, 0.3) is 0 Å². The smallest absolute Gasteiger partial charge is 0.220 e. The van der Waals surface area contributed by atoms with Gasteiger partial charge in [0.1, 0.15) is 0 Å². The summed E-state index contributed by atoms with van der Waals surface area (Å²) in [6, 6.07) is 7.73. The number of benzene rings is 1. The van der Waals surface area contributed by atoms with Crippen molar-refractivity contribution < 1.29 is 4.79 Å². The van der Waals surface area contributed by atoms with Crippen LogP contribution in [0.5, 0.6) is 0 Å². The molecule has 1 aliphatic carbocycles. The Morgan fingerprint density at radius 1 is 1.44 bits per heavy atom. The zero-order valence-electron chi connectivity index (χ0n) is 11.0. The van der Waals surface area contributed by atoms with Gasteiger partial charge in [-0.05, 0) is 42.4 Å². The van der Waals surface area contributed by atoms with Crippen LogP contribution in [0.1, 0.15) is 38.2 Å². The predicted molar refractivity (Wildman–Crippen MR) is 74.1 cm³/mol. The summed E-state index contributed by atoms with van der Waals surface area (Å²) in [5.74, 6) is 0.144. The molecule has 1 aromatic rings. The van der Waals surface area contributed by atoms with Gasteiger partial charge in [-0.25, -0.2) is 0 Å². The lowest BCUT2D eigenvalue weighted by molar-refractivity contribution is -0.121. The monoisotopic (exact) mass is 246 g/mol. The molecule has 1 fully saturated rings. The third-order valence-electron chi connectivity index (χ3n) is 3.86. The summed E-state index contributed by atoms with van der Waals surface area (Å²) in [5, 5.41) is 3.04. The van der Waals surface area contributed by atoms with Crippen molar-refractivity contribution in [3.63, 3.8) is 0 Å². The second kappa shape index (κ2) is 5.42. The van der Waals surface area contributed by atoms with Crippen molar-refractivity contribution >= 4 is 11.6 Å². The minimum absolute atomic E-state index is 0.144. The number of hydrogen-bond acceptors (Lipinski definition) is 2. The van der Waals surface area contributed by atoms with E-state index in [2.05, 4.69) is 12.2 Å². The van der Waals surface area contributed by atoms with Gasteiger partial charge < -0.3 is 11.1 Å². The van der Waals surface area contributed by atoms with Gasteiger partial charge in [-0.3, -0.25) is 4.79 Å². The molecule has 0 bridgehead atoms. The van der Waals surface area contributed by atoms with Crippen molar-refractivity contribution in [2.24, 2.45) is 5.41 Å². The number of carbonyl (C=O) groups excluding carboxylic acids is 1. The SMILES string of the molecule is CC1(CNC(=O)CCc2cccc(N)c2)CCC1. The Kier molecular flexibility index (Phi) is 3.90. The van der Waals surface area contributed by atoms with E-state index in [0.717, 1.165) is 24.2 Å². The fraction of sp³-hybridized carbons (Fsp3) is 0.533. The zero-order chi connectivity index (χ0) is 13.0. The van der Waals surface area contributed by atoms with Gasteiger partial charge in [0.25, 0.3) is 0 Å². The van der Waals surface area contributed by atoms with Crippen LogP contribution in [0.15, 0.2) is 24.3 Å². The van der Waals surface area contributed by atoms with E-state index in [9.17, 15) is 4.79 Å². The van der Waals surface area contributed by atoms with Crippen LogP contribution in [0.2, 0.25) is 0 Å². The predicted octanol–water partition coefficient (Wildman–Crippen LogP) is 2.51. The van der Waals surface area contributed by atoms with Gasteiger partial charge in [0.2, 0.25) is 5.91 Å². The van der Waals surface area contributed by atoms with Crippen LogP contribution in [0.3, 0.4) is 0 Å². The van der Waals surface area contributed by atoms with Gasteiger partial charge in [0.05, 0.1) is 0 Å². The van der Waals surface area contributed by atoms with E-state index < -0.39 is 0 Å². The molecular weight excluding hydrogens is 224 g/mol. The molecule has 98 valence electrons. The fourth-order valence-corrected chi connectivity index (χ4v) is 2.36. The number of hydrogen-bond donors (Lipinski definition) is 2. The average molecular weight is 246 g/mol. The minimum atomic E-state index is 0.144. The first-order chi connectivity index (χ1) is 8.57. The number of carbonyl (C=O) groups is 1. The number of amides is 1. The largest absolute Gasteiger partial charge is 0.399 e. The van der Waals surface area contributed by atoms with Crippen molar-refractivity contribution in [3.05, 3.63) is 29.8 Å². The normalized spacial score (nSPS) is 16.9. The Morgan fingerprint density at radius 3 is 2.83 bits per heavy atom. The van der Waals surface area contributed by atoms with Crippen molar-refractivity contribution in [2.45, 2.75) is 39.0 Å². The molecule has 0 spiro atoms. The highest BCUT2D eigenvalue weighted by Gasteiger charge is 2.31. The number of nitrogens with two attached hydrogens (primary N) is 1. The number of nitrogens with one attached hydrogen (secondary N) is 1. The lowest BCUT2D eigenvalue weighted by Crippen LogP contribution is -2.39. The van der Waals surface area contributed by atoms with E-state index in [1.807, 2.05) is 24.3 Å². The number of aryl methyl sites for hydroxylation is 1. The summed E-state index contributed by atoms with van der Waals surface area (Å²) < 4.78 is 0. The molecular formula is C15H22N2O. The van der Waals surface area contributed by atoms with E-state index in [1.165, 1.54) is 19.3 Å². The minimum Gasteiger partial charge on any atom is -0.399 e. The molecule has 2 rings (SSSR count). The second-order valence-electron chi connectivity index (χ2n) is 5.69. The van der Waals surface area contributed by atoms with Crippen LogP contribution in [0, 0.1) is 5.41 Å². The maximum absolute atomic E-state index is 11.7. The molecule has 18 heavy (non-hydrogen) atoms. The molecule has 1 amide bonds. The first kappa shape index (κ1) is 12.9. The third-order valence-corrected chi connectivity index (χ3v) is 3.86. The molecule has 1 aromatic carbocycles. The highest BCUT2D eigenvalue weighted by atomic mass is 16.1. The van der Waals surface area contributed by atoms with E-state index >= 15 is 0 Å². The summed E-state index contributed by atoms with van der Waals surface area (Å²) >= 11 is 0. The van der Waals surface area contributed by atoms with Crippen LogP contribution in [-0.2, 0) is 11.2 Å². The van der Waals surface area contributed by atoms with Crippen molar-refractivity contribution in [3.8, 4) is 0 Å². The number of rotatable bonds is 5. The fourth-order valence-electron chi connectivity index (χ4n) is 2.36. The summed E-state index contributed by atoms with van der Waals surface area (Å²) in [7, 11) is 0. The lowest BCUT2D eigenvalue weighted by Gasteiger charge is -2.38. The summed E-state index contributed by atoms with van der Waals surface area (Å²) in [5.41, 5.74) is 7.94. The Morgan fingerprint density at radius 2 is 2.22 bits per heavy atom. The molecule has 0 atom stereocenters. The Balaban J connectivity index is 1.71. The molecule has 0 radical (unpaired) electrons. The van der Waals surface area contributed by atoms with Gasteiger partial charge in [0.15, 0.2) is 0 Å². The third kappa shape index (κ3) is 3.49. The van der Waals surface area contributed by atoms with E-state index in [-0.39, 0.29) is 5.91 Å². The summed E-state index contributed by atoms with van der Waals surface area (Å²) in [6.07, 6.45) is 5.08. The molecule has 0 heterocycles. The zero-order valence-corrected chi connectivity index (χ0v) is 11.0. The standard InChI is InChI=1S/C15H22N2O/c1-15(8-3-9-15)11-17-14(18)7-6-12-4-2-5-13(16)10-12/h2,4-5,10H,3,6-9,11,16H2,1H3,(H,17,18). The molecule has 0 unspecified atom stereocenters. The van der Waals surface area contributed by atoms with Gasteiger partial charge in [0, 0.05) is 18.7 Å². The van der Waals surface area contributed by atoms with Gasteiger partial charge in [-0.2, -0.15) is 0 Å². The molecule has 0 saturated heterocycles. The quantitative estimate of drug-likeness (QED) is 0.784. The van der Waals surface area contributed by atoms with Gasteiger partial charge >= 0.3 is 0 Å². The first-order valence-electron chi connectivity index (χ1n) is 6.69. The van der Waals surface area contributed by atoms with Crippen molar-refractivity contribution in [1.29, 1.82) is 0 Å². The van der Waals surface area contributed by atoms with E-state index in [0.29, 0.717) is 11.8 Å². The van der Waals surface area contributed by atoms with E-state index in [4.69, 9.17) is 5.73 Å². The molecule has 3 heteroatoms. The maximum atomic E-state index is 11.7. The molecule has 0 aliphatic heterocycles. The average Bonchev–Trinajstić information content (AvgIpc) is 2.31. The highest BCUT2D eigenvalue weighted by Crippen LogP contribution is 2.39. The van der Waals surface area contributed by atoms with Crippen LogP contribution < -0.4 is 11.1 Å². The molecule has 1 saturated carbocycles. The Hall–Kier alpha value is -1.51. The van der Waals surface area contributed by atoms with Gasteiger partial charge in [-0.1, -0.05) is 25.5 Å². The molecule has 1 aliphatic rings.